The van der Waals surface area contributed by atoms with Crippen LogP contribution >= 0.6 is 0 Å². The number of aromatic nitrogens is 2. The van der Waals surface area contributed by atoms with Crippen molar-refractivity contribution in [1.82, 2.24) is 9.78 Å². The van der Waals surface area contributed by atoms with Crippen LogP contribution in [0.2, 0.25) is 0 Å². The quantitative estimate of drug-likeness (QED) is 0.399. The van der Waals surface area contributed by atoms with Crippen LogP contribution in [-0.4, -0.2) is 24.1 Å². The van der Waals surface area contributed by atoms with Crippen LogP contribution in [0.3, 0.4) is 0 Å². The zero-order valence-corrected chi connectivity index (χ0v) is 20.2. The van der Waals surface area contributed by atoms with Gasteiger partial charge in [0.1, 0.15) is 5.56 Å². The van der Waals surface area contributed by atoms with Crippen LogP contribution in [0.15, 0.2) is 59.6 Å². The number of nitriles is 1. The number of amides is 1. The van der Waals surface area contributed by atoms with Crippen LogP contribution in [0.25, 0.3) is 0 Å². The standard InChI is InChI=1S/C24H23F3N6O3S/c25-24(26,27)16-5-7-18(8-6-16)32-37(35,36)19-11-9-17(10-12-19)30-23-20(22(29)34)14-33(31-23)21-4-2-1-3-15(21)13-28/h5-12,14-15,21,32H,1-4H2,(H2,29,34)(H,30,31)/t15-,21-/m1/s1. The minimum atomic E-state index is -4.53. The number of nitrogens with one attached hydrogen (secondary N) is 2. The minimum Gasteiger partial charge on any atom is -0.365 e. The lowest BCUT2D eigenvalue weighted by atomic mass is 9.85. The van der Waals surface area contributed by atoms with Crippen molar-refractivity contribution in [2.45, 2.75) is 42.8 Å². The number of halogens is 3. The van der Waals surface area contributed by atoms with Crippen molar-refractivity contribution in [1.29, 1.82) is 5.26 Å². The largest absolute Gasteiger partial charge is 0.416 e. The summed E-state index contributed by atoms with van der Waals surface area (Å²) < 4.78 is 67.4. The lowest BCUT2D eigenvalue weighted by molar-refractivity contribution is -0.137. The molecule has 1 amide bonds. The molecule has 9 nitrogen and oxygen atoms in total. The maximum atomic E-state index is 12.7. The van der Waals surface area contributed by atoms with Crippen LogP contribution in [0.1, 0.15) is 47.6 Å². The third kappa shape index (κ3) is 5.86. The minimum absolute atomic E-state index is 0.0229. The number of rotatable bonds is 7. The normalized spacial score (nSPS) is 18.1. The molecule has 0 spiro atoms. The molecular weight excluding hydrogens is 509 g/mol. The van der Waals surface area contributed by atoms with Gasteiger partial charge < -0.3 is 11.1 Å². The number of benzene rings is 2. The zero-order chi connectivity index (χ0) is 26.8. The molecule has 13 heteroatoms. The number of sulfonamides is 1. The average molecular weight is 533 g/mol. The van der Waals surface area contributed by atoms with Gasteiger partial charge in [0.2, 0.25) is 0 Å². The second-order valence-electron chi connectivity index (χ2n) is 8.65. The van der Waals surface area contributed by atoms with Crippen molar-refractivity contribution >= 4 is 33.1 Å². The second-order valence-corrected chi connectivity index (χ2v) is 10.3. The van der Waals surface area contributed by atoms with E-state index in [-0.39, 0.29) is 33.9 Å². The van der Waals surface area contributed by atoms with Crippen molar-refractivity contribution < 1.29 is 26.4 Å². The van der Waals surface area contributed by atoms with E-state index in [2.05, 4.69) is 21.2 Å². The molecule has 2 atom stereocenters. The molecule has 1 fully saturated rings. The number of nitrogens with zero attached hydrogens (tertiary/aromatic N) is 3. The van der Waals surface area contributed by atoms with E-state index in [1.54, 1.807) is 4.68 Å². The first-order chi connectivity index (χ1) is 17.5. The van der Waals surface area contributed by atoms with Crippen LogP contribution in [0.5, 0.6) is 0 Å². The number of anilines is 3. The number of carbonyl (C=O) groups excluding carboxylic acids is 1. The van der Waals surface area contributed by atoms with E-state index < -0.39 is 27.7 Å². The molecule has 0 radical (unpaired) electrons. The number of hydrogen-bond acceptors (Lipinski definition) is 6. The molecular formula is C24H23F3N6O3S. The van der Waals surface area contributed by atoms with E-state index in [1.165, 1.54) is 30.5 Å². The smallest absolute Gasteiger partial charge is 0.365 e. The van der Waals surface area contributed by atoms with Crippen molar-refractivity contribution in [3.8, 4) is 6.07 Å². The molecule has 0 bridgehead atoms. The maximum absolute atomic E-state index is 12.7. The third-order valence-electron chi connectivity index (χ3n) is 6.12. The summed E-state index contributed by atoms with van der Waals surface area (Å²) in [5, 5.41) is 16.9. The van der Waals surface area contributed by atoms with E-state index in [1.807, 2.05) is 0 Å². The van der Waals surface area contributed by atoms with E-state index in [0.29, 0.717) is 5.69 Å². The highest BCUT2D eigenvalue weighted by molar-refractivity contribution is 7.92. The monoisotopic (exact) mass is 532 g/mol. The summed E-state index contributed by atoms with van der Waals surface area (Å²) in [6.07, 6.45) is 0.360. The van der Waals surface area contributed by atoms with Gasteiger partial charge in [0, 0.05) is 17.6 Å². The number of nitrogens with two attached hydrogens (primary N) is 1. The average Bonchev–Trinajstić information content (AvgIpc) is 3.28. The van der Waals surface area contributed by atoms with Crippen molar-refractivity contribution in [3.05, 3.63) is 65.9 Å². The summed E-state index contributed by atoms with van der Waals surface area (Å²) in [5.41, 5.74) is 5.15. The molecule has 1 saturated carbocycles. The Morgan fingerprint density at radius 1 is 1.05 bits per heavy atom. The molecule has 2 aromatic carbocycles. The molecule has 0 saturated heterocycles. The first kappa shape index (κ1) is 26.0. The maximum Gasteiger partial charge on any atom is 0.416 e. The Morgan fingerprint density at radius 3 is 2.27 bits per heavy atom. The Balaban J connectivity index is 1.51. The molecule has 3 aromatic rings. The number of hydrogen-bond donors (Lipinski definition) is 3. The predicted molar refractivity (Wildman–Crippen MR) is 129 cm³/mol. The van der Waals surface area contributed by atoms with Gasteiger partial charge in [-0.25, -0.2) is 8.42 Å². The molecule has 4 N–H and O–H groups in total. The topological polar surface area (TPSA) is 143 Å². The van der Waals surface area contributed by atoms with Gasteiger partial charge >= 0.3 is 6.18 Å². The Morgan fingerprint density at radius 2 is 1.68 bits per heavy atom. The van der Waals surface area contributed by atoms with Crippen molar-refractivity contribution in [2.75, 3.05) is 10.0 Å². The van der Waals surface area contributed by atoms with Crippen LogP contribution in [0.4, 0.5) is 30.4 Å². The fourth-order valence-electron chi connectivity index (χ4n) is 4.21. The molecule has 4 rings (SSSR count). The molecule has 1 heterocycles. The van der Waals surface area contributed by atoms with Gasteiger partial charge in [0.05, 0.1) is 28.5 Å². The summed E-state index contributed by atoms with van der Waals surface area (Å²) in [4.78, 5) is 11.9. The fourth-order valence-corrected chi connectivity index (χ4v) is 5.27. The van der Waals surface area contributed by atoms with Crippen molar-refractivity contribution in [3.63, 3.8) is 0 Å². The molecule has 194 valence electrons. The zero-order valence-electron chi connectivity index (χ0n) is 19.4. The molecule has 0 unspecified atom stereocenters. The predicted octanol–water partition coefficient (Wildman–Crippen LogP) is 4.80. The van der Waals surface area contributed by atoms with Gasteiger partial charge in [-0.15, -0.1) is 0 Å². The van der Waals surface area contributed by atoms with Crippen molar-refractivity contribution in [2.24, 2.45) is 11.7 Å². The summed E-state index contributed by atoms with van der Waals surface area (Å²) in [5.74, 6) is -0.768. The Kier molecular flexibility index (Phi) is 7.13. The molecule has 1 aliphatic rings. The highest BCUT2D eigenvalue weighted by Gasteiger charge is 2.30. The summed E-state index contributed by atoms with van der Waals surface area (Å²) in [7, 11) is -4.08. The SMILES string of the molecule is N#C[C@H]1CCCC[C@H]1n1cc(C(N)=O)c(Nc2ccc(S(=O)(=O)Nc3ccc(C(F)(F)F)cc3)cc2)n1. The summed E-state index contributed by atoms with van der Waals surface area (Å²) in [6.45, 7) is 0. The van der Waals surface area contributed by atoms with Gasteiger partial charge in [-0.2, -0.15) is 23.5 Å². The Bertz CT molecular complexity index is 1430. The number of alkyl halides is 3. The first-order valence-electron chi connectivity index (χ1n) is 11.3. The van der Waals surface area contributed by atoms with E-state index in [9.17, 15) is 31.6 Å². The molecule has 37 heavy (non-hydrogen) atoms. The van der Waals surface area contributed by atoms with Gasteiger partial charge in [-0.3, -0.25) is 14.2 Å². The van der Waals surface area contributed by atoms with Gasteiger partial charge in [0.15, 0.2) is 5.82 Å². The first-order valence-corrected chi connectivity index (χ1v) is 12.8. The lowest BCUT2D eigenvalue weighted by Gasteiger charge is -2.26. The molecule has 1 aliphatic carbocycles. The van der Waals surface area contributed by atoms with Gasteiger partial charge in [-0.05, 0) is 61.4 Å². The lowest BCUT2D eigenvalue weighted by Crippen LogP contribution is -2.22. The highest BCUT2D eigenvalue weighted by Crippen LogP contribution is 2.35. The molecule has 0 aliphatic heterocycles. The third-order valence-corrected chi connectivity index (χ3v) is 7.52. The van der Waals surface area contributed by atoms with Crippen LogP contribution in [-0.2, 0) is 16.2 Å². The second kappa shape index (κ2) is 10.1. The highest BCUT2D eigenvalue weighted by atomic mass is 32.2. The van der Waals surface area contributed by atoms with E-state index in [4.69, 9.17) is 5.73 Å². The van der Waals surface area contributed by atoms with E-state index >= 15 is 0 Å². The Hall–Kier alpha value is -4.05. The molecule has 1 aromatic heterocycles. The summed E-state index contributed by atoms with van der Waals surface area (Å²) >= 11 is 0. The van der Waals surface area contributed by atoms with Crippen LogP contribution in [0, 0.1) is 17.2 Å². The van der Waals surface area contributed by atoms with Crippen LogP contribution < -0.4 is 15.8 Å². The fraction of sp³-hybridized carbons (Fsp3) is 0.292. The van der Waals surface area contributed by atoms with Gasteiger partial charge in [-0.1, -0.05) is 12.8 Å². The summed E-state index contributed by atoms with van der Waals surface area (Å²) in [6, 6.07) is 11.2. The number of carbonyl (C=O) groups is 1. The van der Waals surface area contributed by atoms with E-state index in [0.717, 1.165) is 49.9 Å². The number of primary amides is 1. The van der Waals surface area contributed by atoms with Gasteiger partial charge in [0.25, 0.3) is 15.9 Å². The Labute approximate surface area is 211 Å².